The summed E-state index contributed by atoms with van der Waals surface area (Å²) in [5, 5.41) is 3.28. The van der Waals surface area contributed by atoms with Crippen molar-refractivity contribution in [2.24, 2.45) is 0 Å². The molecule has 0 saturated heterocycles. The van der Waals surface area contributed by atoms with Crippen molar-refractivity contribution < 1.29 is 14.3 Å². The van der Waals surface area contributed by atoms with Gasteiger partial charge in [-0.05, 0) is 32.4 Å². The second-order valence-electron chi connectivity index (χ2n) is 5.05. The minimum absolute atomic E-state index is 0.0983. The minimum atomic E-state index is -0.949. The normalized spacial score (nSPS) is 15.2. The van der Waals surface area contributed by atoms with E-state index in [0.717, 1.165) is 12.0 Å². The Morgan fingerprint density at radius 2 is 1.90 bits per heavy atom. The second-order valence-corrected chi connectivity index (χ2v) is 5.05. The van der Waals surface area contributed by atoms with Crippen molar-refractivity contribution in [2.45, 2.75) is 45.8 Å². The van der Waals surface area contributed by atoms with Crippen molar-refractivity contribution in [1.29, 1.82) is 0 Å². The van der Waals surface area contributed by atoms with Gasteiger partial charge in [0.15, 0.2) is 5.54 Å². The average molecular weight is 293 g/mol. The van der Waals surface area contributed by atoms with Crippen molar-refractivity contribution in [3.05, 3.63) is 35.9 Å². The number of nitrogens with one attached hydrogen (secondary N) is 1. The Morgan fingerprint density at radius 1 is 1.24 bits per heavy atom. The zero-order chi connectivity index (χ0) is 15.7. The van der Waals surface area contributed by atoms with Crippen LogP contribution in [-0.4, -0.2) is 31.8 Å². The third-order valence-corrected chi connectivity index (χ3v) is 3.53. The third-order valence-electron chi connectivity index (χ3n) is 3.53. The molecule has 0 aromatic heterocycles. The summed E-state index contributed by atoms with van der Waals surface area (Å²) < 4.78 is 11.2. The Hall–Kier alpha value is -1.39. The van der Waals surface area contributed by atoms with E-state index in [1.54, 1.807) is 0 Å². The molecule has 0 aliphatic heterocycles. The van der Waals surface area contributed by atoms with Crippen LogP contribution in [0.3, 0.4) is 0 Å². The van der Waals surface area contributed by atoms with E-state index in [1.165, 1.54) is 0 Å². The first kappa shape index (κ1) is 17.7. The van der Waals surface area contributed by atoms with Gasteiger partial charge in [0, 0.05) is 0 Å². The maximum Gasteiger partial charge on any atom is 0.333 e. The molecule has 1 rings (SSSR count). The van der Waals surface area contributed by atoms with Crippen LogP contribution in [0.2, 0.25) is 0 Å². The number of ether oxygens (including phenoxy) is 2. The molecule has 0 amide bonds. The summed E-state index contributed by atoms with van der Waals surface area (Å²) in [5.41, 5.74) is -0.0799. The molecule has 4 heteroatoms. The molecule has 0 saturated carbocycles. The number of carbonyl (C=O) groups excluding carboxylic acids is 1. The first-order valence-corrected chi connectivity index (χ1v) is 7.70. The minimum Gasteiger partial charge on any atom is -0.464 e. The molecule has 1 aromatic carbocycles. The summed E-state index contributed by atoms with van der Waals surface area (Å²) in [6.45, 7) is 9.12. The van der Waals surface area contributed by atoms with Gasteiger partial charge in [0.25, 0.3) is 0 Å². The average Bonchev–Trinajstić information content (AvgIpc) is 2.52. The number of likely N-dealkylation sites (N-methyl/N-ethyl adjacent to an activating group) is 1. The number of hydrogen-bond donors (Lipinski definition) is 1. The van der Waals surface area contributed by atoms with Crippen LogP contribution in [0.4, 0.5) is 0 Å². The van der Waals surface area contributed by atoms with Crippen LogP contribution in [0, 0.1) is 0 Å². The van der Waals surface area contributed by atoms with Gasteiger partial charge in [0.2, 0.25) is 0 Å². The highest BCUT2D eigenvalue weighted by atomic mass is 16.5. The molecule has 0 heterocycles. The summed E-state index contributed by atoms with van der Waals surface area (Å²) in [6, 6.07) is 9.63. The lowest BCUT2D eigenvalue weighted by atomic mass is 9.90. The van der Waals surface area contributed by atoms with Crippen molar-refractivity contribution in [2.75, 3.05) is 19.8 Å². The molecule has 4 nitrogen and oxygen atoms in total. The van der Waals surface area contributed by atoms with Crippen LogP contribution in [0.1, 0.15) is 39.7 Å². The fourth-order valence-corrected chi connectivity index (χ4v) is 2.15. The quantitative estimate of drug-likeness (QED) is 0.711. The summed E-state index contributed by atoms with van der Waals surface area (Å²) in [5.74, 6) is -0.290. The number of esters is 1. The first-order valence-electron chi connectivity index (χ1n) is 7.70. The van der Waals surface area contributed by atoms with E-state index in [2.05, 4.69) is 12.2 Å². The van der Waals surface area contributed by atoms with Crippen LogP contribution in [0.15, 0.2) is 30.3 Å². The van der Waals surface area contributed by atoms with Gasteiger partial charge in [-0.3, -0.25) is 5.32 Å². The van der Waals surface area contributed by atoms with Crippen molar-refractivity contribution in [1.82, 2.24) is 5.32 Å². The zero-order valence-electron chi connectivity index (χ0n) is 13.5. The number of rotatable bonds is 9. The molecule has 0 fully saturated rings. The summed E-state index contributed by atoms with van der Waals surface area (Å²) in [7, 11) is 0. The molecule has 0 spiro atoms. The zero-order valence-corrected chi connectivity index (χ0v) is 13.5. The highest BCUT2D eigenvalue weighted by Crippen LogP contribution is 2.24. The Balaban J connectivity index is 3.12. The van der Waals surface area contributed by atoms with Gasteiger partial charge < -0.3 is 9.47 Å². The molecule has 0 aliphatic rings. The molecule has 0 aliphatic carbocycles. The van der Waals surface area contributed by atoms with E-state index in [0.29, 0.717) is 13.2 Å². The van der Waals surface area contributed by atoms with Gasteiger partial charge in [-0.25, -0.2) is 4.79 Å². The van der Waals surface area contributed by atoms with Crippen molar-refractivity contribution >= 4 is 5.97 Å². The lowest BCUT2D eigenvalue weighted by molar-refractivity contribution is -0.156. The van der Waals surface area contributed by atoms with E-state index >= 15 is 0 Å². The van der Waals surface area contributed by atoms with Gasteiger partial charge in [-0.1, -0.05) is 44.2 Å². The summed E-state index contributed by atoms with van der Waals surface area (Å²) in [4.78, 5) is 12.6. The van der Waals surface area contributed by atoms with Gasteiger partial charge in [-0.15, -0.1) is 0 Å². The predicted molar refractivity (Wildman–Crippen MR) is 84.1 cm³/mol. The topological polar surface area (TPSA) is 47.6 Å². The van der Waals surface area contributed by atoms with E-state index in [4.69, 9.17) is 9.47 Å². The first-order chi connectivity index (χ1) is 10.1. The number of hydrogen-bond acceptors (Lipinski definition) is 4. The van der Waals surface area contributed by atoms with Gasteiger partial charge in [0.05, 0.1) is 19.3 Å². The SMILES string of the molecule is CCNC(COC(C)CC)(C(=O)OCC)c1ccccc1. The maximum atomic E-state index is 12.6. The van der Waals surface area contributed by atoms with E-state index in [1.807, 2.05) is 51.1 Å². The lowest BCUT2D eigenvalue weighted by Gasteiger charge is -2.33. The van der Waals surface area contributed by atoms with Crippen LogP contribution in [-0.2, 0) is 19.8 Å². The second kappa shape index (κ2) is 8.80. The van der Waals surface area contributed by atoms with Crippen LogP contribution in [0.5, 0.6) is 0 Å². The summed E-state index contributed by atoms with van der Waals surface area (Å²) in [6.07, 6.45) is 1.00. The van der Waals surface area contributed by atoms with E-state index in [-0.39, 0.29) is 18.7 Å². The standard InChI is InChI=1S/C17H27NO3/c1-5-14(4)21-13-17(18-6-2,16(19)20-7-3)15-11-9-8-10-12-15/h8-12,14,18H,5-7,13H2,1-4H3. The van der Waals surface area contributed by atoms with Gasteiger partial charge in [0.1, 0.15) is 0 Å². The molecule has 118 valence electrons. The monoisotopic (exact) mass is 293 g/mol. The number of benzene rings is 1. The summed E-state index contributed by atoms with van der Waals surface area (Å²) >= 11 is 0. The molecule has 2 unspecified atom stereocenters. The van der Waals surface area contributed by atoms with Crippen molar-refractivity contribution in [3.63, 3.8) is 0 Å². The molecule has 0 radical (unpaired) electrons. The Morgan fingerprint density at radius 3 is 2.43 bits per heavy atom. The number of carbonyl (C=O) groups is 1. The third kappa shape index (κ3) is 4.55. The largest absolute Gasteiger partial charge is 0.464 e. The molecule has 21 heavy (non-hydrogen) atoms. The highest BCUT2D eigenvalue weighted by molar-refractivity contribution is 5.83. The molecular weight excluding hydrogens is 266 g/mol. The van der Waals surface area contributed by atoms with Crippen LogP contribution in [0.25, 0.3) is 0 Å². The molecule has 0 bridgehead atoms. The Kier molecular flexibility index (Phi) is 7.40. The maximum absolute atomic E-state index is 12.6. The molecule has 1 N–H and O–H groups in total. The lowest BCUT2D eigenvalue weighted by Crippen LogP contribution is -2.54. The smallest absolute Gasteiger partial charge is 0.333 e. The van der Waals surface area contributed by atoms with Crippen molar-refractivity contribution in [3.8, 4) is 0 Å². The van der Waals surface area contributed by atoms with Crippen LogP contribution < -0.4 is 5.32 Å². The predicted octanol–water partition coefficient (Wildman–Crippen LogP) is 2.87. The van der Waals surface area contributed by atoms with Gasteiger partial charge >= 0.3 is 5.97 Å². The molecule has 1 aromatic rings. The van der Waals surface area contributed by atoms with E-state index < -0.39 is 5.54 Å². The fraction of sp³-hybridized carbons (Fsp3) is 0.588. The molecular formula is C17H27NO3. The van der Waals surface area contributed by atoms with Gasteiger partial charge in [-0.2, -0.15) is 0 Å². The van der Waals surface area contributed by atoms with E-state index in [9.17, 15) is 4.79 Å². The van der Waals surface area contributed by atoms with Crippen LogP contribution >= 0.6 is 0 Å². The molecule has 2 atom stereocenters. The fourth-order valence-electron chi connectivity index (χ4n) is 2.15. The Bertz CT molecular complexity index is 421. The highest BCUT2D eigenvalue weighted by Gasteiger charge is 2.41. The Labute approximate surface area is 127 Å².